The van der Waals surface area contributed by atoms with Crippen LogP contribution in [0, 0.1) is 5.82 Å². The predicted molar refractivity (Wildman–Crippen MR) is 124 cm³/mol. The zero-order valence-corrected chi connectivity index (χ0v) is 18.1. The van der Waals surface area contributed by atoms with Crippen LogP contribution in [0.1, 0.15) is 22.5 Å². The van der Waals surface area contributed by atoms with Crippen LogP contribution in [0.3, 0.4) is 0 Å². The molecule has 4 aromatic rings. The Balaban J connectivity index is 1.79. The van der Waals surface area contributed by atoms with E-state index in [2.05, 4.69) is 37.9 Å². The lowest BCUT2D eigenvalue weighted by molar-refractivity contribution is 0.0691. The minimum Gasteiger partial charge on any atom is -0.477 e. The molecule has 0 fully saturated rings. The Kier molecular flexibility index (Phi) is 4.94. The minimum absolute atomic E-state index is 0.0101. The number of hydrogen-bond donors (Lipinski definition) is 1. The SMILES string of the molecule is O=C(O)c1ccc2c(N3CCCc4cc(Br)ccc43)c(-c3ccc(F)cc3)ccc2n1. The van der Waals surface area contributed by atoms with Crippen molar-refractivity contribution in [2.45, 2.75) is 12.8 Å². The average Bonchev–Trinajstić information content (AvgIpc) is 2.78. The summed E-state index contributed by atoms with van der Waals surface area (Å²) in [6.45, 7) is 0.822. The quantitative estimate of drug-likeness (QED) is 0.362. The Morgan fingerprint density at radius 1 is 1.03 bits per heavy atom. The highest BCUT2D eigenvalue weighted by Gasteiger charge is 2.24. The Morgan fingerprint density at radius 3 is 2.61 bits per heavy atom. The number of nitrogens with zero attached hydrogens (tertiary/aromatic N) is 2. The number of benzene rings is 3. The van der Waals surface area contributed by atoms with Crippen molar-refractivity contribution in [3.8, 4) is 11.1 Å². The Hall–Kier alpha value is -3.25. The fraction of sp³-hybridized carbons (Fsp3) is 0.120. The Labute approximate surface area is 187 Å². The molecule has 3 aromatic carbocycles. The molecule has 5 rings (SSSR count). The van der Waals surface area contributed by atoms with Crippen LogP contribution >= 0.6 is 15.9 Å². The molecular weight excluding hydrogens is 459 g/mol. The number of fused-ring (bicyclic) bond motifs is 2. The van der Waals surface area contributed by atoms with Gasteiger partial charge >= 0.3 is 5.97 Å². The Morgan fingerprint density at radius 2 is 1.84 bits per heavy atom. The molecule has 1 N–H and O–H groups in total. The minimum atomic E-state index is -1.06. The number of anilines is 2. The van der Waals surface area contributed by atoms with Gasteiger partial charge in [-0.05, 0) is 72.5 Å². The second-order valence-electron chi connectivity index (χ2n) is 7.57. The molecule has 0 bridgehead atoms. The van der Waals surface area contributed by atoms with Gasteiger partial charge in [0.05, 0.1) is 11.2 Å². The lowest BCUT2D eigenvalue weighted by atomic mass is 9.95. The maximum atomic E-state index is 13.6. The van der Waals surface area contributed by atoms with Gasteiger partial charge in [0, 0.05) is 27.7 Å². The summed E-state index contributed by atoms with van der Waals surface area (Å²) in [4.78, 5) is 18.1. The van der Waals surface area contributed by atoms with Crippen LogP contribution in [0.2, 0.25) is 0 Å². The highest BCUT2D eigenvalue weighted by molar-refractivity contribution is 9.10. The fourth-order valence-corrected chi connectivity index (χ4v) is 4.67. The summed E-state index contributed by atoms with van der Waals surface area (Å²) in [6, 6.07) is 19.9. The van der Waals surface area contributed by atoms with Gasteiger partial charge in [-0.2, -0.15) is 0 Å². The number of halogens is 2. The molecule has 0 saturated heterocycles. The molecule has 0 spiro atoms. The molecule has 0 radical (unpaired) electrons. The fourth-order valence-electron chi connectivity index (χ4n) is 4.26. The number of carbonyl (C=O) groups is 1. The standard InChI is InChI=1S/C25H18BrFN2O2/c26-17-5-12-23-16(14-17)2-1-13-29(23)24-19(15-3-6-18(27)7-4-15)8-10-21-20(24)9-11-22(28-21)25(30)31/h3-12,14H,1-2,13H2,(H,30,31). The summed E-state index contributed by atoms with van der Waals surface area (Å²) in [5.74, 6) is -1.34. The molecule has 0 saturated carbocycles. The number of pyridine rings is 1. The van der Waals surface area contributed by atoms with Crippen LogP contribution in [0.15, 0.2) is 71.2 Å². The van der Waals surface area contributed by atoms with E-state index in [-0.39, 0.29) is 11.5 Å². The Bertz CT molecular complexity index is 1320. The smallest absolute Gasteiger partial charge is 0.354 e. The van der Waals surface area contributed by atoms with Crippen molar-refractivity contribution in [3.05, 3.63) is 88.3 Å². The summed E-state index contributed by atoms with van der Waals surface area (Å²) >= 11 is 3.57. The van der Waals surface area contributed by atoms with E-state index in [1.807, 2.05) is 24.3 Å². The van der Waals surface area contributed by atoms with Crippen LogP contribution in [0.5, 0.6) is 0 Å². The topological polar surface area (TPSA) is 53.4 Å². The molecule has 4 nitrogen and oxygen atoms in total. The number of aromatic carboxylic acids is 1. The molecular formula is C25H18BrFN2O2. The van der Waals surface area contributed by atoms with Crippen molar-refractivity contribution in [2.75, 3.05) is 11.4 Å². The molecule has 1 aromatic heterocycles. The van der Waals surface area contributed by atoms with Gasteiger partial charge in [0.15, 0.2) is 0 Å². The van der Waals surface area contributed by atoms with Gasteiger partial charge in [-0.15, -0.1) is 0 Å². The van der Waals surface area contributed by atoms with E-state index in [9.17, 15) is 14.3 Å². The third kappa shape index (κ3) is 3.57. The number of aromatic nitrogens is 1. The van der Waals surface area contributed by atoms with Gasteiger partial charge in [-0.3, -0.25) is 0 Å². The van der Waals surface area contributed by atoms with Gasteiger partial charge in [-0.1, -0.05) is 34.1 Å². The van der Waals surface area contributed by atoms with Crippen LogP contribution in [-0.4, -0.2) is 22.6 Å². The average molecular weight is 477 g/mol. The molecule has 0 aliphatic carbocycles. The normalized spacial score (nSPS) is 13.3. The van der Waals surface area contributed by atoms with Crippen LogP contribution in [0.4, 0.5) is 15.8 Å². The van der Waals surface area contributed by atoms with Crippen LogP contribution in [0.25, 0.3) is 22.0 Å². The molecule has 6 heteroatoms. The molecule has 1 aliphatic rings. The van der Waals surface area contributed by atoms with E-state index < -0.39 is 5.97 Å². The molecule has 0 unspecified atom stereocenters. The van der Waals surface area contributed by atoms with Crippen LogP contribution in [-0.2, 0) is 6.42 Å². The lowest BCUT2D eigenvalue weighted by Crippen LogP contribution is -2.25. The summed E-state index contributed by atoms with van der Waals surface area (Å²) in [7, 11) is 0. The van der Waals surface area contributed by atoms with E-state index in [0.29, 0.717) is 5.52 Å². The van der Waals surface area contributed by atoms with Crippen LogP contribution < -0.4 is 4.90 Å². The summed E-state index contributed by atoms with van der Waals surface area (Å²) in [5.41, 5.74) is 5.79. The van der Waals surface area contributed by atoms with Gasteiger partial charge in [0.25, 0.3) is 0 Å². The van der Waals surface area contributed by atoms with Gasteiger partial charge in [0.2, 0.25) is 0 Å². The van der Waals surface area contributed by atoms with Gasteiger partial charge < -0.3 is 10.0 Å². The second kappa shape index (κ2) is 7.78. The van der Waals surface area contributed by atoms with Crippen molar-refractivity contribution in [1.29, 1.82) is 0 Å². The maximum absolute atomic E-state index is 13.6. The number of carboxylic acid groups (broad SMARTS) is 1. The summed E-state index contributed by atoms with van der Waals surface area (Å²) in [6.07, 6.45) is 1.98. The van der Waals surface area contributed by atoms with E-state index in [1.54, 1.807) is 12.1 Å². The van der Waals surface area contributed by atoms with E-state index >= 15 is 0 Å². The molecule has 0 atom stereocenters. The molecule has 154 valence electrons. The van der Waals surface area contributed by atoms with E-state index in [1.165, 1.54) is 23.8 Å². The highest BCUT2D eigenvalue weighted by atomic mass is 79.9. The second-order valence-corrected chi connectivity index (χ2v) is 8.48. The van der Waals surface area contributed by atoms with Gasteiger partial charge in [0.1, 0.15) is 11.5 Å². The number of carboxylic acids is 1. The highest BCUT2D eigenvalue weighted by Crippen LogP contribution is 2.43. The summed E-state index contributed by atoms with van der Waals surface area (Å²) < 4.78 is 14.6. The first-order valence-electron chi connectivity index (χ1n) is 10.0. The third-order valence-corrected chi connectivity index (χ3v) is 6.14. The molecule has 31 heavy (non-hydrogen) atoms. The first kappa shape index (κ1) is 19.7. The molecule has 0 amide bonds. The third-order valence-electron chi connectivity index (χ3n) is 5.65. The van der Waals surface area contributed by atoms with Crippen molar-refractivity contribution < 1.29 is 14.3 Å². The zero-order valence-electron chi connectivity index (χ0n) is 16.5. The van der Waals surface area contributed by atoms with Gasteiger partial charge in [-0.25, -0.2) is 14.2 Å². The molecule has 2 heterocycles. The first-order chi connectivity index (χ1) is 15.0. The van der Waals surface area contributed by atoms with Crippen molar-refractivity contribution in [2.24, 2.45) is 0 Å². The number of hydrogen-bond acceptors (Lipinski definition) is 3. The predicted octanol–water partition coefficient (Wildman–Crippen LogP) is 6.59. The van der Waals surface area contributed by atoms with E-state index in [4.69, 9.17) is 0 Å². The molecule has 1 aliphatic heterocycles. The first-order valence-corrected chi connectivity index (χ1v) is 10.8. The largest absolute Gasteiger partial charge is 0.477 e. The number of rotatable bonds is 3. The number of aryl methyl sites for hydroxylation is 1. The lowest BCUT2D eigenvalue weighted by Gasteiger charge is -2.34. The maximum Gasteiger partial charge on any atom is 0.354 e. The van der Waals surface area contributed by atoms with E-state index in [0.717, 1.165) is 51.7 Å². The van der Waals surface area contributed by atoms with Crippen molar-refractivity contribution in [1.82, 2.24) is 4.98 Å². The monoisotopic (exact) mass is 476 g/mol. The summed E-state index contributed by atoms with van der Waals surface area (Å²) in [5, 5.41) is 10.2. The zero-order chi connectivity index (χ0) is 21.5. The van der Waals surface area contributed by atoms with Crippen molar-refractivity contribution >= 4 is 44.2 Å². The van der Waals surface area contributed by atoms with Crippen molar-refractivity contribution in [3.63, 3.8) is 0 Å².